The van der Waals surface area contributed by atoms with Gasteiger partial charge in [-0.25, -0.2) is 0 Å². The molecule has 0 aromatic heterocycles. The van der Waals surface area contributed by atoms with E-state index in [4.69, 9.17) is 14.6 Å². The third-order valence-electron chi connectivity index (χ3n) is 4.62. The number of amides is 1. The zero-order chi connectivity index (χ0) is 16.4. The second kappa shape index (κ2) is 6.48. The van der Waals surface area contributed by atoms with Gasteiger partial charge in [-0.1, -0.05) is 13.0 Å². The third-order valence-corrected chi connectivity index (χ3v) is 4.62. The van der Waals surface area contributed by atoms with Gasteiger partial charge < -0.3 is 19.9 Å². The first kappa shape index (κ1) is 15.6. The molecule has 2 N–H and O–H groups in total. The van der Waals surface area contributed by atoms with Crippen LogP contribution in [0.4, 0.5) is 0 Å². The first-order chi connectivity index (χ1) is 11.1. The molecular weight excluding hydrogens is 298 g/mol. The molecule has 6 heteroatoms. The van der Waals surface area contributed by atoms with Crippen molar-refractivity contribution in [3.63, 3.8) is 0 Å². The highest BCUT2D eigenvalue weighted by Gasteiger charge is 2.41. The SMILES string of the molecule is CCC(NC(=O)C1CCC1C(=O)O)c1ccc2c(c1)OCCO2. The molecule has 0 spiro atoms. The van der Waals surface area contributed by atoms with Crippen molar-refractivity contribution in [1.82, 2.24) is 5.32 Å². The number of rotatable bonds is 5. The molecule has 6 nitrogen and oxygen atoms in total. The van der Waals surface area contributed by atoms with Gasteiger partial charge in [0.25, 0.3) is 0 Å². The van der Waals surface area contributed by atoms with E-state index in [9.17, 15) is 9.59 Å². The van der Waals surface area contributed by atoms with Crippen LogP contribution >= 0.6 is 0 Å². The van der Waals surface area contributed by atoms with Gasteiger partial charge in [0.05, 0.1) is 17.9 Å². The van der Waals surface area contributed by atoms with Crippen LogP contribution in [0.5, 0.6) is 11.5 Å². The van der Waals surface area contributed by atoms with E-state index in [2.05, 4.69) is 5.32 Å². The summed E-state index contributed by atoms with van der Waals surface area (Å²) in [7, 11) is 0. The fourth-order valence-corrected chi connectivity index (χ4v) is 3.09. The fraction of sp³-hybridized carbons (Fsp3) is 0.529. The number of carboxylic acids is 1. The summed E-state index contributed by atoms with van der Waals surface area (Å²) >= 11 is 0. The van der Waals surface area contributed by atoms with Crippen molar-refractivity contribution in [2.24, 2.45) is 11.8 Å². The Bertz CT molecular complexity index is 615. The van der Waals surface area contributed by atoms with E-state index >= 15 is 0 Å². The Morgan fingerprint density at radius 2 is 1.91 bits per heavy atom. The van der Waals surface area contributed by atoms with Crippen LogP contribution < -0.4 is 14.8 Å². The van der Waals surface area contributed by atoms with E-state index in [1.165, 1.54) is 0 Å². The number of aliphatic carboxylic acids is 1. The minimum absolute atomic E-state index is 0.159. The molecule has 3 atom stereocenters. The van der Waals surface area contributed by atoms with Crippen molar-refractivity contribution in [1.29, 1.82) is 0 Å². The third kappa shape index (κ3) is 3.11. The van der Waals surface area contributed by atoms with Crippen LogP contribution in [-0.2, 0) is 9.59 Å². The Kier molecular flexibility index (Phi) is 4.41. The van der Waals surface area contributed by atoms with Crippen LogP contribution in [0.1, 0.15) is 37.8 Å². The van der Waals surface area contributed by atoms with Gasteiger partial charge in [0, 0.05) is 0 Å². The smallest absolute Gasteiger partial charge is 0.307 e. The van der Waals surface area contributed by atoms with Crippen LogP contribution in [-0.4, -0.2) is 30.2 Å². The van der Waals surface area contributed by atoms with Crippen molar-refractivity contribution in [2.75, 3.05) is 13.2 Å². The number of benzene rings is 1. The summed E-state index contributed by atoms with van der Waals surface area (Å²) in [4.78, 5) is 23.4. The van der Waals surface area contributed by atoms with Crippen molar-refractivity contribution in [2.45, 2.75) is 32.2 Å². The summed E-state index contributed by atoms with van der Waals surface area (Å²) < 4.78 is 11.1. The molecule has 1 aromatic carbocycles. The number of ether oxygens (including phenoxy) is 2. The summed E-state index contributed by atoms with van der Waals surface area (Å²) in [6.45, 7) is 3.04. The van der Waals surface area contributed by atoms with Crippen LogP contribution in [0.15, 0.2) is 18.2 Å². The van der Waals surface area contributed by atoms with Gasteiger partial charge in [0.15, 0.2) is 11.5 Å². The maximum atomic E-state index is 12.3. The second-order valence-electron chi connectivity index (χ2n) is 6.00. The fourth-order valence-electron chi connectivity index (χ4n) is 3.09. The topological polar surface area (TPSA) is 84.9 Å². The Hall–Kier alpha value is -2.24. The first-order valence-electron chi connectivity index (χ1n) is 8.03. The molecule has 2 aliphatic rings. The predicted octanol–water partition coefficient (Wildman–Crippen LogP) is 2.14. The Morgan fingerprint density at radius 3 is 2.52 bits per heavy atom. The van der Waals surface area contributed by atoms with Crippen LogP contribution in [0.25, 0.3) is 0 Å². The molecule has 0 saturated heterocycles. The standard InChI is InChI=1S/C17H21NO5/c1-2-13(18-16(19)11-4-5-12(11)17(20)21)10-3-6-14-15(9-10)23-8-7-22-14/h3,6,9,11-13H,2,4-5,7-8H2,1H3,(H,18,19)(H,20,21). The van der Waals surface area contributed by atoms with Gasteiger partial charge in [0.1, 0.15) is 13.2 Å². The van der Waals surface area contributed by atoms with E-state index in [1.807, 2.05) is 25.1 Å². The van der Waals surface area contributed by atoms with Gasteiger partial charge in [-0.2, -0.15) is 0 Å². The van der Waals surface area contributed by atoms with E-state index in [1.54, 1.807) is 0 Å². The number of nitrogens with one attached hydrogen (secondary N) is 1. The molecule has 0 radical (unpaired) electrons. The summed E-state index contributed by atoms with van der Waals surface area (Å²) in [5, 5.41) is 12.1. The molecule has 1 aliphatic carbocycles. The van der Waals surface area contributed by atoms with E-state index in [0.717, 1.165) is 12.0 Å². The monoisotopic (exact) mass is 319 g/mol. The number of carbonyl (C=O) groups is 2. The van der Waals surface area contributed by atoms with Gasteiger partial charge in [-0.05, 0) is 37.0 Å². The quantitative estimate of drug-likeness (QED) is 0.868. The number of hydrogen-bond donors (Lipinski definition) is 2. The highest BCUT2D eigenvalue weighted by atomic mass is 16.6. The molecule has 0 bridgehead atoms. The number of carboxylic acid groups (broad SMARTS) is 1. The highest BCUT2D eigenvalue weighted by Crippen LogP contribution is 2.36. The van der Waals surface area contributed by atoms with Crippen LogP contribution in [0, 0.1) is 11.8 Å². The first-order valence-corrected chi connectivity index (χ1v) is 8.03. The molecule has 1 amide bonds. The number of carbonyl (C=O) groups excluding carboxylic acids is 1. The molecule has 23 heavy (non-hydrogen) atoms. The van der Waals surface area contributed by atoms with Crippen molar-refractivity contribution in [3.8, 4) is 11.5 Å². The lowest BCUT2D eigenvalue weighted by Gasteiger charge is -2.33. The lowest BCUT2D eigenvalue weighted by molar-refractivity contribution is -0.153. The molecule has 1 saturated carbocycles. The Balaban J connectivity index is 1.70. The van der Waals surface area contributed by atoms with E-state index in [-0.39, 0.29) is 11.9 Å². The summed E-state index contributed by atoms with van der Waals surface area (Å²) in [5.74, 6) is -0.625. The average Bonchev–Trinajstić information content (AvgIpc) is 2.50. The maximum Gasteiger partial charge on any atom is 0.307 e. The largest absolute Gasteiger partial charge is 0.486 e. The molecule has 124 valence electrons. The van der Waals surface area contributed by atoms with Crippen molar-refractivity contribution < 1.29 is 24.2 Å². The summed E-state index contributed by atoms with van der Waals surface area (Å²) in [5.41, 5.74) is 0.941. The molecule has 3 unspecified atom stereocenters. The van der Waals surface area contributed by atoms with Crippen LogP contribution in [0.2, 0.25) is 0 Å². The molecule has 1 aliphatic heterocycles. The minimum Gasteiger partial charge on any atom is -0.486 e. The lowest BCUT2D eigenvalue weighted by atomic mass is 9.73. The number of hydrogen-bond acceptors (Lipinski definition) is 4. The predicted molar refractivity (Wildman–Crippen MR) is 82.5 cm³/mol. The average molecular weight is 319 g/mol. The molecule has 1 fully saturated rings. The van der Waals surface area contributed by atoms with Gasteiger partial charge >= 0.3 is 5.97 Å². The molecule has 1 aromatic rings. The number of fused-ring (bicyclic) bond motifs is 1. The zero-order valence-corrected chi connectivity index (χ0v) is 13.1. The minimum atomic E-state index is -0.885. The maximum absolute atomic E-state index is 12.3. The lowest BCUT2D eigenvalue weighted by Crippen LogP contribution is -2.45. The van der Waals surface area contributed by atoms with E-state index < -0.39 is 17.8 Å². The second-order valence-corrected chi connectivity index (χ2v) is 6.00. The molecule has 3 rings (SSSR count). The van der Waals surface area contributed by atoms with E-state index in [0.29, 0.717) is 37.6 Å². The van der Waals surface area contributed by atoms with Crippen LogP contribution in [0.3, 0.4) is 0 Å². The zero-order valence-electron chi connectivity index (χ0n) is 13.1. The molecular formula is C17H21NO5. The van der Waals surface area contributed by atoms with Crippen molar-refractivity contribution >= 4 is 11.9 Å². The summed E-state index contributed by atoms with van der Waals surface area (Å²) in [6, 6.07) is 5.49. The summed E-state index contributed by atoms with van der Waals surface area (Å²) in [6.07, 6.45) is 1.93. The highest BCUT2D eigenvalue weighted by molar-refractivity contribution is 5.86. The normalized spacial score (nSPS) is 23.5. The Morgan fingerprint density at radius 1 is 1.22 bits per heavy atom. The van der Waals surface area contributed by atoms with Crippen molar-refractivity contribution in [3.05, 3.63) is 23.8 Å². The Labute approximate surface area is 134 Å². The van der Waals surface area contributed by atoms with Gasteiger partial charge in [0.2, 0.25) is 5.91 Å². The van der Waals surface area contributed by atoms with Gasteiger partial charge in [-0.3, -0.25) is 9.59 Å². The molecule has 1 heterocycles. The van der Waals surface area contributed by atoms with Gasteiger partial charge in [-0.15, -0.1) is 0 Å².